The van der Waals surface area contributed by atoms with Crippen LogP contribution in [0.2, 0.25) is 0 Å². The molecule has 3 aliphatic rings. The molecule has 0 heterocycles. The first-order valence-electron chi connectivity index (χ1n) is 9.86. The highest BCUT2D eigenvalue weighted by molar-refractivity contribution is 5.43. The maximum atomic E-state index is 6.48. The molecule has 1 aromatic carbocycles. The van der Waals surface area contributed by atoms with Gasteiger partial charge in [-0.1, -0.05) is 25.1 Å². The van der Waals surface area contributed by atoms with Gasteiger partial charge in [-0.25, -0.2) is 0 Å². The summed E-state index contributed by atoms with van der Waals surface area (Å²) in [5, 5.41) is 0. The van der Waals surface area contributed by atoms with E-state index in [0.29, 0.717) is 12.0 Å². The monoisotopic (exact) mass is 340 g/mol. The van der Waals surface area contributed by atoms with Gasteiger partial charge >= 0.3 is 0 Å². The van der Waals surface area contributed by atoms with E-state index in [1.807, 2.05) is 0 Å². The molecule has 0 aromatic heterocycles. The van der Waals surface area contributed by atoms with Crippen LogP contribution in [0.1, 0.15) is 64.0 Å². The summed E-state index contributed by atoms with van der Waals surface area (Å²) in [4.78, 5) is 0. The van der Waals surface area contributed by atoms with Crippen molar-refractivity contribution < 1.29 is 9.47 Å². The van der Waals surface area contributed by atoms with Crippen molar-refractivity contribution in [1.29, 1.82) is 0 Å². The molecule has 0 N–H and O–H groups in total. The lowest BCUT2D eigenvalue weighted by molar-refractivity contribution is -0.101. The van der Waals surface area contributed by atoms with Gasteiger partial charge in [-0.2, -0.15) is 0 Å². The summed E-state index contributed by atoms with van der Waals surface area (Å²) in [6.45, 7) is 8.99. The minimum Gasteiger partial charge on any atom is -0.497 e. The summed E-state index contributed by atoms with van der Waals surface area (Å²) < 4.78 is 11.9. The zero-order valence-electron chi connectivity index (χ0n) is 16.3. The molecule has 0 spiro atoms. The quantitative estimate of drug-likeness (QED) is 0.661. The SMILES string of the molecule is COc1ccc2c(c1)CC[C@@H]1[C@H]2C=C[C@]2(C)[C@@H](OC(C)(C)C)CC[C@@H]12. The van der Waals surface area contributed by atoms with E-state index in [1.54, 1.807) is 7.11 Å². The zero-order chi connectivity index (χ0) is 17.8. The predicted molar refractivity (Wildman–Crippen MR) is 102 cm³/mol. The van der Waals surface area contributed by atoms with E-state index >= 15 is 0 Å². The Labute approximate surface area is 152 Å². The van der Waals surface area contributed by atoms with Crippen LogP contribution < -0.4 is 4.74 Å². The first-order valence-corrected chi connectivity index (χ1v) is 9.86. The first-order chi connectivity index (χ1) is 11.8. The van der Waals surface area contributed by atoms with Gasteiger partial charge < -0.3 is 9.47 Å². The lowest BCUT2D eigenvalue weighted by atomic mass is 9.59. The molecule has 1 aromatic rings. The number of fused-ring (bicyclic) bond motifs is 5. The number of allylic oxidation sites excluding steroid dienone is 1. The lowest BCUT2D eigenvalue weighted by Gasteiger charge is -2.47. The molecule has 0 saturated heterocycles. The van der Waals surface area contributed by atoms with Crippen LogP contribution in [0.25, 0.3) is 0 Å². The first kappa shape index (κ1) is 17.1. The second kappa shape index (κ2) is 5.87. The molecule has 1 saturated carbocycles. The predicted octanol–water partition coefficient (Wildman–Crippen LogP) is 5.51. The normalized spacial score (nSPS) is 36.5. The second-order valence-corrected chi connectivity index (χ2v) is 9.42. The summed E-state index contributed by atoms with van der Waals surface area (Å²) >= 11 is 0. The van der Waals surface area contributed by atoms with E-state index < -0.39 is 0 Å². The number of hydrogen-bond acceptors (Lipinski definition) is 2. The third-order valence-corrected chi connectivity index (χ3v) is 6.83. The minimum absolute atomic E-state index is 0.0665. The fraction of sp³-hybridized carbons (Fsp3) is 0.652. The molecule has 0 amide bonds. The van der Waals surface area contributed by atoms with E-state index in [1.165, 1.54) is 36.8 Å². The van der Waals surface area contributed by atoms with E-state index in [2.05, 4.69) is 58.0 Å². The van der Waals surface area contributed by atoms with Crippen molar-refractivity contribution in [3.63, 3.8) is 0 Å². The Morgan fingerprint density at radius 1 is 1.12 bits per heavy atom. The molecular weight excluding hydrogens is 308 g/mol. The van der Waals surface area contributed by atoms with Crippen molar-refractivity contribution >= 4 is 0 Å². The van der Waals surface area contributed by atoms with E-state index in [0.717, 1.165) is 17.6 Å². The van der Waals surface area contributed by atoms with Gasteiger partial charge in [-0.3, -0.25) is 0 Å². The molecule has 0 radical (unpaired) electrons. The maximum absolute atomic E-state index is 6.48. The van der Waals surface area contributed by atoms with Crippen molar-refractivity contribution in [2.45, 2.75) is 71.0 Å². The Hall–Kier alpha value is -1.28. The highest BCUT2D eigenvalue weighted by Gasteiger charge is 2.53. The Balaban J connectivity index is 1.66. The van der Waals surface area contributed by atoms with Gasteiger partial charge in [0.1, 0.15) is 5.75 Å². The van der Waals surface area contributed by atoms with Crippen LogP contribution in [0.15, 0.2) is 30.4 Å². The summed E-state index contributed by atoms with van der Waals surface area (Å²) in [5.74, 6) is 3.05. The summed E-state index contributed by atoms with van der Waals surface area (Å²) in [7, 11) is 1.76. The molecule has 1 fully saturated rings. The van der Waals surface area contributed by atoms with Gasteiger partial charge in [0.2, 0.25) is 0 Å². The lowest BCUT2D eigenvalue weighted by Crippen LogP contribution is -2.43. The van der Waals surface area contributed by atoms with Gasteiger partial charge in [0.25, 0.3) is 0 Å². The summed E-state index contributed by atoms with van der Waals surface area (Å²) in [5.41, 5.74) is 3.13. The van der Waals surface area contributed by atoms with Gasteiger partial charge in [0.05, 0.1) is 18.8 Å². The average molecular weight is 341 g/mol. The largest absolute Gasteiger partial charge is 0.497 e. The summed E-state index contributed by atoms with van der Waals surface area (Å²) in [6.07, 6.45) is 10.3. The molecule has 4 rings (SSSR count). The van der Waals surface area contributed by atoms with Gasteiger partial charge in [-0.05, 0) is 81.5 Å². The molecule has 3 aliphatic carbocycles. The van der Waals surface area contributed by atoms with Crippen molar-refractivity contribution in [2.24, 2.45) is 17.3 Å². The molecule has 5 atom stereocenters. The fourth-order valence-electron chi connectivity index (χ4n) is 5.70. The number of aryl methyl sites for hydroxylation is 1. The number of ether oxygens (including phenoxy) is 2. The van der Waals surface area contributed by atoms with Gasteiger partial charge in [-0.15, -0.1) is 0 Å². The molecule has 136 valence electrons. The molecule has 0 unspecified atom stereocenters. The van der Waals surface area contributed by atoms with Crippen LogP contribution in [0.5, 0.6) is 5.75 Å². The van der Waals surface area contributed by atoms with Crippen LogP contribution in [-0.4, -0.2) is 18.8 Å². The number of benzene rings is 1. The van der Waals surface area contributed by atoms with Crippen LogP contribution in [0, 0.1) is 17.3 Å². The number of rotatable bonds is 2. The van der Waals surface area contributed by atoms with E-state index in [-0.39, 0.29) is 11.0 Å². The second-order valence-electron chi connectivity index (χ2n) is 9.42. The van der Waals surface area contributed by atoms with Crippen LogP contribution in [0.3, 0.4) is 0 Å². The molecule has 0 bridgehead atoms. The standard InChI is InChI=1S/C23H32O2/c1-22(2,3)25-21-11-10-20-19-8-6-15-14-16(24-5)7-9-17(15)18(19)12-13-23(20,21)4/h7,9,12-14,18-21H,6,8,10-11H2,1-5H3/t18-,19+,20-,21-,23-/m0/s1. The van der Waals surface area contributed by atoms with Crippen molar-refractivity contribution in [3.05, 3.63) is 41.5 Å². The highest BCUT2D eigenvalue weighted by atomic mass is 16.5. The van der Waals surface area contributed by atoms with Crippen LogP contribution >= 0.6 is 0 Å². The minimum atomic E-state index is -0.0665. The third kappa shape index (κ3) is 2.83. The summed E-state index contributed by atoms with van der Waals surface area (Å²) in [6, 6.07) is 6.67. The average Bonchev–Trinajstić information content (AvgIpc) is 2.89. The maximum Gasteiger partial charge on any atom is 0.119 e. The molecule has 25 heavy (non-hydrogen) atoms. The molecule has 2 heteroatoms. The molecular formula is C23H32O2. The number of methoxy groups -OCH3 is 1. The zero-order valence-corrected chi connectivity index (χ0v) is 16.3. The van der Waals surface area contributed by atoms with Crippen molar-refractivity contribution in [2.75, 3.05) is 7.11 Å². The van der Waals surface area contributed by atoms with E-state index in [4.69, 9.17) is 9.47 Å². The van der Waals surface area contributed by atoms with Gasteiger partial charge in [0.15, 0.2) is 0 Å². The topological polar surface area (TPSA) is 18.5 Å². The highest BCUT2D eigenvalue weighted by Crippen LogP contribution is 2.59. The Morgan fingerprint density at radius 3 is 2.64 bits per heavy atom. The molecule has 2 nitrogen and oxygen atoms in total. The Morgan fingerprint density at radius 2 is 1.92 bits per heavy atom. The Kier molecular flexibility index (Phi) is 4.03. The molecule has 0 aliphatic heterocycles. The van der Waals surface area contributed by atoms with Crippen molar-refractivity contribution in [1.82, 2.24) is 0 Å². The fourth-order valence-corrected chi connectivity index (χ4v) is 5.70. The van der Waals surface area contributed by atoms with Crippen molar-refractivity contribution in [3.8, 4) is 5.75 Å². The third-order valence-electron chi connectivity index (χ3n) is 6.83. The van der Waals surface area contributed by atoms with Crippen LogP contribution in [0.4, 0.5) is 0 Å². The van der Waals surface area contributed by atoms with Gasteiger partial charge in [0, 0.05) is 11.3 Å². The van der Waals surface area contributed by atoms with E-state index in [9.17, 15) is 0 Å². The number of hydrogen-bond donors (Lipinski definition) is 0. The Bertz CT molecular complexity index is 684. The smallest absolute Gasteiger partial charge is 0.119 e. The van der Waals surface area contributed by atoms with Crippen LogP contribution in [-0.2, 0) is 11.2 Å².